The molecule has 9 heteroatoms. The van der Waals surface area contributed by atoms with Gasteiger partial charge < -0.3 is 19.8 Å². The topological polar surface area (TPSA) is 105 Å². The van der Waals surface area contributed by atoms with E-state index in [1.807, 2.05) is 21.1 Å². The van der Waals surface area contributed by atoms with Crippen LogP contribution in [0.15, 0.2) is 12.2 Å². The van der Waals surface area contributed by atoms with Crippen LogP contribution < -0.4 is 5.32 Å². The van der Waals surface area contributed by atoms with Crippen LogP contribution in [0.5, 0.6) is 0 Å². The second-order valence-electron chi connectivity index (χ2n) is 17.5. The van der Waals surface area contributed by atoms with E-state index in [2.05, 4.69) is 31.3 Å². The van der Waals surface area contributed by atoms with Crippen molar-refractivity contribution in [2.75, 3.05) is 40.9 Å². The first-order valence-corrected chi connectivity index (χ1v) is 25.0. The molecule has 0 aromatic heterocycles. The lowest BCUT2D eigenvalue weighted by Crippen LogP contribution is -2.46. The van der Waals surface area contributed by atoms with Crippen molar-refractivity contribution in [2.24, 2.45) is 0 Å². The largest absolute Gasteiger partial charge is 0.472 e. The van der Waals surface area contributed by atoms with Gasteiger partial charge in [-0.2, -0.15) is 0 Å². The molecule has 0 radical (unpaired) electrons. The second kappa shape index (κ2) is 38.7. The van der Waals surface area contributed by atoms with Gasteiger partial charge in [0.05, 0.1) is 39.9 Å². The molecule has 0 aliphatic heterocycles. The first kappa shape index (κ1) is 54.2. The highest BCUT2D eigenvalue weighted by Gasteiger charge is 2.28. The summed E-state index contributed by atoms with van der Waals surface area (Å²) < 4.78 is 23.6. The maximum Gasteiger partial charge on any atom is 0.472 e. The van der Waals surface area contributed by atoms with Gasteiger partial charge in [0, 0.05) is 6.42 Å². The Morgan fingerprint density at radius 1 is 0.600 bits per heavy atom. The number of aliphatic hydroxyl groups excluding tert-OH is 1. The maximum absolute atomic E-state index is 12.9. The summed E-state index contributed by atoms with van der Waals surface area (Å²) >= 11 is 0. The van der Waals surface area contributed by atoms with Gasteiger partial charge in [0.15, 0.2) is 0 Å². The van der Waals surface area contributed by atoms with Crippen LogP contribution in [0.25, 0.3) is 0 Å². The van der Waals surface area contributed by atoms with E-state index in [0.717, 1.165) is 44.9 Å². The van der Waals surface area contributed by atoms with E-state index < -0.39 is 20.0 Å². The second-order valence-corrected chi connectivity index (χ2v) is 18.9. The van der Waals surface area contributed by atoms with Crippen LogP contribution in [0, 0.1) is 0 Å². The van der Waals surface area contributed by atoms with Crippen LogP contribution in [-0.4, -0.2) is 73.4 Å². The van der Waals surface area contributed by atoms with Crippen molar-refractivity contribution in [3.63, 3.8) is 0 Å². The number of hydrogen-bond acceptors (Lipinski definition) is 5. The fourth-order valence-corrected chi connectivity index (χ4v) is 7.72. The summed E-state index contributed by atoms with van der Waals surface area (Å²) in [6, 6.07) is -0.770. The summed E-state index contributed by atoms with van der Waals surface area (Å²) in [6.07, 6.45) is 43.9. The summed E-state index contributed by atoms with van der Waals surface area (Å²) in [5, 5.41) is 13.9. The fourth-order valence-electron chi connectivity index (χ4n) is 6.98. The summed E-state index contributed by atoms with van der Waals surface area (Å²) in [6.45, 7) is 4.88. The Kier molecular flexibility index (Phi) is 38.2. The number of carbonyl (C=O) groups excluding carboxylic acids is 1. The lowest BCUT2D eigenvalue weighted by molar-refractivity contribution is -0.870. The average Bonchev–Trinajstić information content (AvgIpc) is 3.13. The predicted octanol–water partition coefficient (Wildman–Crippen LogP) is 13.1. The smallest absolute Gasteiger partial charge is 0.391 e. The van der Waals surface area contributed by atoms with Crippen LogP contribution in [0.2, 0.25) is 0 Å². The van der Waals surface area contributed by atoms with E-state index in [9.17, 15) is 19.4 Å². The quantitative estimate of drug-likeness (QED) is 0.0245. The molecule has 3 N–H and O–H groups in total. The van der Waals surface area contributed by atoms with Crippen molar-refractivity contribution in [3.05, 3.63) is 12.2 Å². The summed E-state index contributed by atoms with van der Waals surface area (Å²) in [5.74, 6) is -0.151. The van der Waals surface area contributed by atoms with Gasteiger partial charge >= 0.3 is 7.82 Å². The summed E-state index contributed by atoms with van der Waals surface area (Å²) in [4.78, 5) is 23.2. The standard InChI is InChI=1S/C46H93N2O6P/c1-6-8-10-12-14-16-18-20-21-22-23-24-25-26-28-30-32-34-36-38-40-46(50)47-44(43-54-55(51,52)53-42-41-48(3,4)5)45(49)39-37-35-33-31-29-27-19-17-15-13-11-9-7-2/h29,31,44-45,49H,6-28,30,32-43H2,1-5H3,(H-,47,50,51,52)/p+1/b31-29+/t44-,45+/m0/s1. The number of likely N-dealkylation sites (N-methyl/N-ethyl adjacent to an activating group) is 1. The predicted molar refractivity (Wildman–Crippen MR) is 235 cm³/mol. The van der Waals surface area contributed by atoms with E-state index >= 15 is 0 Å². The van der Waals surface area contributed by atoms with E-state index in [4.69, 9.17) is 9.05 Å². The van der Waals surface area contributed by atoms with Gasteiger partial charge in [0.25, 0.3) is 0 Å². The number of rotatable bonds is 43. The number of quaternary nitrogens is 1. The van der Waals surface area contributed by atoms with Gasteiger partial charge in [-0.25, -0.2) is 4.57 Å². The zero-order valence-electron chi connectivity index (χ0n) is 37.2. The van der Waals surface area contributed by atoms with E-state index in [0.29, 0.717) is 23.9 Å². The molecule has 0 aliphatic carbocycles. The first-order chi connectivity index (χ1) is 26.5. The zero-order valence-corrected chi connectivity index (χ0v) is 38.1. The van der Waals surface area contributed by atoms with Crippen molar-refractivity contribution in [3.8, 4) is 0 Å². The van der Waals surface area contributed by atoms with Gasteiger partial charge in [-0.05, 0) is 38.5 Å². The summed E-state index contributed by atoms with van der Waals surface area (Å²) in [5.41, 5.74) is 0. The van der Waals surface area contributed by atoms with Crippen molar-refractivity contribution in [1.29, 1.82) is 0 Å². The molecule has 55 heavy (non-hydrogen) atoms. The average molecular weight is 802 g/mol. The molecule has 0 aliphatic rings. The van der Waals surface area contributed by atoms with E-state index in [1.165, 1.54) is 154 Å². The normalized spacial score (nSPS) is 14.4. The lowest BCUT2D eigenvalue weighted by atomic mass is 10.0. The van der Waals surface area contributed by atoms with Crippen LogP contribution in [0.1, 0.15) is 226 Å². The number of nitrogens with one attached hydrogen (secondary N) is 1. The third-order valence-corrected chi connectivity index (χ3v) is 11.7. The van der Waals surface area contributed by atoms with E-state index in [-0.39, 0.29) is 19.1 Å². The molecule has 0 aromatic rings. The van der Waals surface area contributed by atoms with Crippen molar-refractivity contribution < 1.29 is 32.9 Å². The first-order valence-electron chi connectivity index (χ1n) is 23.6. The highest BCUT2D eigenvalue weighted by Crippen LogP contribution is 2.43. The third-order valence-electron chi connectivity index (χ3n) is 10.8. The highest BCUT2D eigenvalue weighted by molar-refractivity contribution is 7.47. The number of aliphatic hydroxyl groups is 1. The molecule has 0 saturated carbocycles. The Hall–Kier alpha value is -0.760. The van der Waals surface area contributed by atoms with Crippen LogP contribution >= 0.6 is 7.82 Å². The van der Waals surface area contributed by atoms with Gasteiger partial charge in [-0.15, -0.1) is 0 Å². The minimum absolute atomic E-state index is 0.0722. The van der Waals surface area contributed by atoms with Gasteiger partial charge in [-0.3, -0.25) is 13.8 Å². The van der Waals surface area contributed by atoms with Crippen LogP contribution in [0.4, 0.5) is 0 Å². The monoisotopic (exact) mass is 802 g/mol. The number of phosphoric acid groups is 1. The zero-order chi connectivity index (χ0) is 40.7. The maximum atomic E-state index is 12.9. The number of unbranched alkanes of at least 4 members (excludes halogenated alkanes) is 28. The minimum atomic E-state index is -4.32. The Morgan fingerprint density at radius 2 is 0.982 bits per heavy atom. The molecule has 8 nitrogen and oxygen atoms in total. The molecular formula is C46H94N2O6P+. The number of nitrogens with zero attached hydrogens (tertiary/aromatic N) is 1. The molecule has 0 aromatic carbocycles. The van der Waals surface area contributed by atoms with Crippen molar-refractivity contribution >= 4 is 13.7 Å². The molecule has 3 atom stereocenters. The van der Waals surface area contributed by atoms with Gasteiger partial charge in [0.1, 0.15) is 13.2 Å². The SMILES string of the molecule is CCCCCCCCC/C=C/CCCC[C@@H](O)[C@H](COP(=O)(O)OCC[N+](C)(C)C)NC(=O)CCCCCCCCCCCCCCCCCCCCCC. The summed E-state index contributed by atoms with van der Waals surface area (Å²) in [7, 11) is 1.61. The molecule has 1 unspecified atom stereocenters. The molecule has 0 spiro atoms. The third kappa shape index (κ3) is 41.2. The number of carbonyl (C=O) groups is 1. The number of hydrogen-bond donors (Lipinski definition) is 3. The van der Waals surface area contributed by atoms with Crippen molar-refractivity contribution in [2.45, 2.75) is 238 Å². The number of phosphoric ester groups is 1. The molecule has 0 heterocycles. The molecule has 0 fully saturated rings. The molecular weight excluding hydrogens is 707 g/mol. The van der Waals surface area contributed by atoms with E-state index in [1.54, 1.807) is 0 Å². The highest BCUT2D eigenvalue weighted by atomic mass is 31.2. The Labute approximate surface area is 342 Å². The molecule has 1 amide bonds. The van der Waals surface area contributed by atoms with Gasteiger partial charge in [-0.1, -0.05) is 193 Å². The number of allylic oxidation sites excluding steroid dienone is 2. The Balaban J connectivity index is 4.27. The molecule has 328 valence electrons. The molecule has 0 bridgehead atoms. The molecule has 0 rings (SSSR count). The van der Waals surface area contributed by atoms with Crippen LogP contribution in [0.3, 0.4) is 0 Å². The number of amides is 1. The van der Waals surface area contributed by atoms with Gasteiger partial charge in [0.2, 0.25) is 5.91 Å². The minimum Gasteiger partial charge on any atom is -0.391 e. The van der Waals surface area contributed by atoms with Crippen LogP contribution in [-0.2, 0) is 18.4 Å². The molecule has 0 saturated heterocycles. The van der Waals surface area contributed by atoms with Crippen molar-refractivity contribution in [1.82, 2.24) is 5.32 Å². The Bertz CT molecular complexity index is 911. The fraction of sp³-hybridized carbons (Fsp3) is 0.935. The Morgan fingerprint density at radius 3 is 1.40 bits per heavy atom. The lowest BCUT2D eigenvalue weighted by Gasteiger charge is -2.26.